The maximum Gasteiger partial charge on any atom is 0.250 e. The molecule has 1 N–H and O–H groups in total. The molecule has 2 rings (SSSR count). The highest BCUT2D eigenvalue weighted by Crippen LogP contribution is 2.10. The summed E-state index contributed by atoms with van der Waals surface area (Å²) in [6.07, 6.45) is 3.23. The van der Waals surface area contributed by atoms with Gasteiger partial charge in [0.05, 0.1) is 11.5 Å². The summed E-state index contributed by atoms with van der Waals surface area (Å²) >= 11 is 1.22. The Hall–Kier alpha value is -2.28. The van der Waals surface area contributed by atoms with Crippen molar-refractivity contribution in [2.45, 2.75) is 12.1 Å². The third kappa shape index (κ3) is 4.96. The number of halogens is 1. The third-order valence-electron chi connectivity index (χ3n) is 2.48. The van der Waals surface area contributed by atoms with Crippen LogP contribution in [-0.4, -0.2) is 27.3 Å². The van der Waals surface area contributed by atoms with Gasteiger partial charge < -0.3 is 0 Å². The SMILES string of the molecule is CC(=NNC(=O)CSc1ncccn1)c1ccc(F)cc1. The minimum absolute atomic E-state index is 0.171. The molecular weight excluding hydrogens is 291 g/mol. The fourth-order valence-corrected chi connectivity index (χ4v) is 2.02. The van der Waals surface area contributed by atoms with E-state index in [1.807, 2.05) is 0 Å². The van der Waals surface area contributed by atoms with Gasteiger partial charge in [0.2, 0.25) is 0 Å². The fourth-order valence-electron chi connectivity index (χ4n) is 1.42. The minimum Gasteiger partial charge on any atom is -0.272 e. The quantitative estimate of drug-likeness (QED) is 0.398. The highest BCUT2D eigenvalue weighted by atomic mass is 32.2. The fraction of sp³-hybridized carbons (Fsp3) is 0.143. The van der Waals surface area contributed by atoms with Gasteiger partial charge in [-0.05, 0) is 30.7 Å². The van der Waals surface area contributed by atoms with Crippen LogP contribution in [0.4, 0.5) is 4.39 Å². The number of carbonyl (C=O) groups is 1. The number of hydrogen-bond acceptors (Lipinski definition) is 5. The van der Waals surface area contributed by atoms with E-state index in [1.54, 1.807) is 37.5 Å². The molecule has 0 unspecified atom stereocenters. The molecule has 1 aromatic carbocycles. The summed E-state index contributed by atoms with van der Waals surface area (Å²) in [5, 5.41) is 4.51. The zero-order valence-corrected chi connectivity index (χ0v) is 12.1. The van der Waals surface area contributed by atoms with Crippen molar-refractivity contribution >= 4 is 23.4 Å². The second-order valence-corrected chi connectivity index (χ2v) is 5.00. The third-order valence-corrected chi connectivity index (χ3v) is 3.36. The van der Waals surface area contributed by atoms with E-state index in [0.29, 0.717) is 10.9 Å². The molecule has 0 saturated carbocycles. The molecule has 0 radical (unpaired) electrons. The first kappa shape index (κ1) is 15.1. The molecule has 0 bridgehead atoms. The Morgan fingerprint density at radius 1 is 1.29 bits per heavy atom. The van der Waals surface area contributed by atoms with E-state index < -0.39 is 0 Å². The number of aromatic nitrogens is 2. The van der Waals surface area contributed by atoms with Crippen LogP contribution in [0.2, 0.25) is 0 Å². The van der Waals surface area contributed by atoms with Crippen molar-refractivity contribution in [3.8, 4) is 0 Å². The van der Waals surface area contributed by atoms with Gasteiger partial charge in [0.15, 0.2) is 5.16 Å². The summed E-state index contributed by atoms with van der Waals surface area (Å²) in [5.41, 5.74) is 3.79. The molecule has 1 heterocycles. The lowest BCUT2D eigenvalue weighted by molar-refractivity contribution is -0.118. The van der Waals surface area contributed by atoms with E-state index in [2.05, 4.69) is 20.5 Å². The number of nitrogens with one attached hydrogen (secondary N) is 1. The van der Waals surface area contributed by atoms with Crippen LogP contribution >= 0.6 is 11.8 Å². The number of amides is 1. The van der Waals surface area contributed by atoms with E-state index >= 15 is 0 Å². The standard InChI is InChI=1S/C14H13FN4OS/c1-10(11-3-5-12(15)6-4-11)18-19-13(20)9-21-14-16-7-2-8-17-14/h2-8H,9H2,1H3,(H,19,20). The van der Waals surface area contributed by atoms with Gasteiger partial charge in [0.25, 0.3) is 5.91 Å². The van der Waals surface area contributed by atoms with Gasteiger partial charge in [-0.25, -0.2) is 19.8 Å². The van der Waals surface area contributed by atoms with Crippen molar-refractivity contribution < 1.29 is 9.18 Å². The Labute approximate surface area is 125 Å². The number of rotatable bonds is 5. The molecule has 0 spiro atoms. The van der Waals surface area contributed by atoms with E-state index in [9.17, 15) is 9.18 Å². The van der Waals surface area contributed by atoms with Gasteiger partial charge in [-0.3, -0.25) is 4.79 Å². The Bertz CT molecular complexity index is 631. The second kappa shape index (κ2) is 7.49. The van der Waals surface area contributed by atoms with Gasteiger partial charge in [-0.2, -0.15) is 5.10 Å². The smallest absolute Gasteiger partial charge is 0.250 e. The number of benzene rings is 1. The van der Waals surface area contributed by atoms with Crippen LogP contribution in [0.1, 0.15) is 12.5 Å². The van der Waals surface area contributed by atoms with Crippen LogP contribution in [0.5, 0.6) is 0 Å². The predicted octanol–water partition coefficient (Wildman–Crippen LogP) is 2.25. The van der Waals surface area contributed by atoms with Gasteiger partial charge in [0, 0.05) is 12.4 Å². The number of nitrogens with zero attached hydrogens (tertiary/aromatic N) is 3. The van der Waals surface area contributed by atoms with E-state index in [4.69, 9.17) is 0 Å². The van der Waals surface area contributed by atoms with Gasteiger partial charge in [0.1, 0.15) is 5.82 Å². The summed E-state index contributed by atoms with van der Waals surface area (Å²) in [4.78, 5) is 19.7. The summed E-state index contributed by atoms with van der Waals surface area (Å²) in [6, 6.07) is 7.61. The maximum absolute atomic E-state index is 12.8. The average molecular weight is 304 g/mol. The molecule has 2 aromatic rings. The van der Waals surface area contributed by atoms with Crippen molar-refractivity contribution in [2.24, 2.45) is 5.10 Å². The zero-order valence-electron chi connectivity index (χ0n) is 11.3. The molecule has 0 aliphatic heterocycles. The summed E-state index contributed by atoms with van der Waals surface area (Å²) < 4.78 is 12.8. The van der Waals surface area contributed by atoms with Crippen molar-refractivity contribution in [3.05, 3.63) is 54.1 Å². The van der Waals surface area contributed by atoms with Gasteiger partial charge in [-0.15, -0.1) is 0 Å². The molecule has 0 atom stereocenters. The van der Waals surface area contributed by atoms with Crippen molar-refractivity contribution in [3.63, 3.8) is 0 Å². The highest BCUT2D eigenvalue weighted by Gasteiger charge is 2.04. The minimum atomic E-state index is -0.310. The molecule has 0 aliphatic carbocycles. The molecule has 7 heteroatoms. The molecule has 0 saturated heterocycles. The predicted molar refractivity (Wildman–Crippen MR) is 79.5 cm³/mol. The second-order valence-electron chi connectivity index (χ2n) is 4.06. The average Bonchev–Trinajstić information content (AvgIpc) is 2.52. The van der Waals surface area contributed by atoms with Gasteiger partial charge in [-0.1, -0.05) is 23.9 Å². The lowest BCUT2D eigenvalue weighted by Gasteiger charge is -2.02. The lowest BCUT2D eigenvalue weighted by Crippen LogP contribution is -2.21. The molecule has 1 amide bonds. The van der Waals surface area contributed by atoms with Crippen molar-refractivity contribution in [1.82, 2.24) is 15.4 Å². The van der Waals surface area contributed by atoms with Crippen molar-refractivity contribution in [1.29, 1.82) is 0 Å². The van der Waals surface area contributed by atoms with Crippen LogP contribution in [0.15, 0.2) is 53.0 Å². The summed E-state index contributed by atoms with van der Waals surface area (Å²) in [5.74, 6) is -0.395. The molecule has 0 aliphatic rings. The van der Waals surface area contributed by atoms with E-state index in [0.717, 1.165) is 5.56 Å². The maximum atomic E-state index is 12.8. The lowest BCUT2D eigenvalue weighted by atomic mass is 10.1. The number of thioether (sulfide) groups is 1. The van der Waals surface area contributed by atoms with Crippen LogP contribution in [-0.2, 0) is 4.79 Å². The molecular formula is C14H13FN4OS. The largest absolute Gasteiger partial charge is 0.272 e. The van der Waals surface area contributed by atoms with Crippen molar-refractivity contribution in [2.75, 3.05) is 5.75 Å². The Morgan fingerprint density at radius 2 is 1.95 bits per heavy atom. The first-order valence-corrected chi connectivity index (χ1v) is 7.12. The Morgan fingerprint density at radius 3 is 2.62 bits per heavy atom. The first-order valence-electron chi connectivity index (χ1n) is 6.14. The molecule has 1 aromatic heterocycles. The normalized spacial score (nSPS) is 11.2. The Kier molecular flexibility index (Phi) is 5.39. The molecule has 21 heavy (non-hydrogen) atoms. The first-order chi connectivity index (χ1) is 10.1. The van der Waals surface area contributed by atoms with Crippen LogP contribution in [0, 0.1) is 5.82 Å². The molecule has 0 fully saturated rings. The van der Waals surface area contributed by atoms with Gasteiger partial charge >= 0.3 is 0 Å². The Balaban J connectivity index is 1.85. The molecule has 108 valence electrons. The molecule has 5 nitrogen and oxygen atoms in total. The number of hydrogen-bond donors (Lipinski definition) is 1. The summed E-state index contributed by atoms with van der Waals surface area (Å²) in [7, 11) is 0. The zero-order chi connectivity index (χ0) is 15.1. The topological polar surface area (TPSA) is 67.2 Å². The van der Waals surface area contributed by atoms with E-state index in [-0.39, 0.29) is 17.5 Å². The van der Waals surface area contributed by atoms with E-state index in [1.165, 1.54) is 23.9 Å². The number of carbonyl (C=O) groups excluding carboxylic acids is 1. The number of hydrazone groups is 1. The summed E-state index contributed by atoms with van der Waals surface area (Å²) in [6.45, 7) is 1.74. The highest BCUT2D eigenvalue weighted by molar-refractivity contribution is 7.99. The van der Waals surface area contributed by atoms with Crippen LogP contribution in [0.3, 0.4) is 0 Å². The monoisotopic (exact) mass is 304 g/mol. The van der Waals surface area contributed by atoms with Crippen LogP contribution in [0.25, 0.3) is 0 Å². The van der Waals surface area contributed by atoms with Crippen LogP contribution < -0.4 is 5.43 Å².